The minimum Gasteiger partial charge on any atom is -0.508 e. The molecule has 0 bridgehead atoms. The number of para-hydroxylation sites is 1. The van der Waals surface area contributed by atoms with Gasteiger partial charge in [0, 0.05) is 23.1 Å². The molecule has 2 aliphatic rings. The van der Waals surface area contributed by atoms with E-state index in [1.54, 1.807) is 44.6 Å². The highest BCUT2D eigenvalue weighted by Gasteiger charge is 2.42. The van der Waals surface area contributed by atoms with E-state index >= 15 is 0 Å². The number of hydrogen-bond acceptors (Lipinski definition) is 7. The van der Waals surface area contributed by atoms with Crippen LogP contribution in [0.4, 0.5) is 0 Å². The Bertz CT molecular complexity index is 1160. The van der Waals surface area contributed by atoms with Crippen LogP contribution in [0.15, 0.2) is 65.8 Å². The molecule has 0 saturated carbocycles. The predicted octanol–water partition coefficient (Wildman–Crippen LogP) is 4.36. The van der Waals surface area contributed by atoms with Crippen molar-refractivity contribution in [3.8, 4) is 28.7 Å². The summed E-state index contributed by atoms with van der Waals surface area (Å²) in [6.07, 6.45) is 0.0680. The second-order valence-electron chi connectivity index (χ2n) is 7.47. The standard InChI is InChI=1S/C24H22N2O5/c1-29-16-10-11-21(28)18(12-16)19-13-20-17-4-3-5-22(30-2)23(17)31-24(26(20)25-19)14-6-8-15(27)9-7-14/h3-12,20,24,27-28H,13H2,1-2H3/t20-,24-/m1/s1. The van der Waals surface area contributed by atoms with Crippen LogP contribution in [-0.4, -0.2) is 35.2 Å². The van der Waals surface area contributed by atoms with Crippen molar-refractivity contribution in [3.63, 3.8) is 0 Å². The molecule has 158 valence electrons. The highest BCUT2D eigenvalue weighted by atomic mass is 16.5. The third-order valence-corrected chi connectivity index (χ3v) is 5.69. The van der Waals surface area contributed by atoms with Crippen LogP contribution in [0.25, 0.3) is 0 Å². The maximum Gasteiger partial charge on any atom is 0.214 e. The fourth-order valence-electron chi connectivity index (χ4n) is 4.14. The molecule has 7 nitrogen and oxygen atoms in total. The van der Waals surface area contributed by atoms with Crippen molar-refractivity contribution in [2.24, 2.45) is 5.10 Å². The molecule has 2 aliphatic heterocycles. The van der Waals surface area contributed by atoms with Gasteiger partial charge in [-0.3, -0.25) is 0 Å². The van der Waals surface area contributed by atoms with E-state index in [1.165, 1.54) is 0 Å². The highest BCUT2D eigenvalue weighted by molar-refractivity contribution is 6.04. The molecule has 0 unspecified atom stereocenters. The van der Waals surface area contributed by atoms with Crippen LogP contribution in [0.3, 0.4) is 0 Å². The number of phenols is 2. The number of hydrazone groups is 1. The second-order valence-corrected chi connectivity index (χ2v) is 7.47. The first kappa shape index (κ1) is 19.1. The number of phenolic OH excluding ortho intramolecular Hbond substituents is 2. The van der Waals surface area contributed by atoms with Crippen LogP contribution in [0, 0.1) is 0 Å². The lowest BCUT2D eigenvalue weighted by Gasteiger charge is -2.38. The highest BCUT2D eigenvalue weighted by Crippen LogP contribution is 2.51. The molecule has 2 atom stereocenters. The summed E-state index contributed by atoms with van der Waals surface area (Å²) in [6, 6.07) is 17.7. The van der Waals surface area contributed by atoms with Crippen molar-refractivity contribution < 1.29 is 24.4 Å². The molecule has 0 radical (unpaired) electrons. The lowest BCUT2D eigenvalue weighted by Crippen LogP contribution is -2.33. The quantitative estimate of drug-likeness (QED) is 0.655. The predicted molar refractivity (Wildman–Crippen MR) is 115 cm³/mol. The summed E-state index contributed by atoms with van der Waals surface area (Å²) in [6.45, 7) is 0. The van der Waals surface area contributed by atoms with Gasteiger partial charge in [0.05, 0.1) is 26.0 Å². The molecule has 0 aliphatic carbocycles. The monoisotopic (exact) mass is 418 g/mol. The van der Waals surface area contributed by atoms with Gasteiger partial charge in [-0.05, 0) is 48.5 Å². The van der Waals surface area contributed by atoms with E-state index in [0.717, 1.165) is 16.8 Å². The lowest BCUT2D eigenvalue weighted by molar-refractivity contribution is -0.0209. The van der Waals surface area contributed by atoms with Crippen molar-refractivity contribution in [1.82, 2.24) is 5.01 Å². The minimum atomic E-state index is -0.514. The van der Waals surface area contributed by atoms with Gasteiger partial charge in [-0.1, -0.05) is 12.1 Å². The second kappa shape index (κ2) is 7.43. The Balaban J connectivity index is 1.63. The summed E-state index contributed by atoms with van der Waals surface area (Å²) in [5.74, 6) is 2.30. The molecule has 0 spiro atoms. The molecule has 3 aromatic carbocycles. The maximum absolute atomic E-state index is 10.5. The number of rotatable bonds is 4. The molecule has 2 heterocycles. The molecule has 3 aromatic rings. The number of hydrogen-bond donors (Lipinski definition) is 2. The van der Waals surface area contributed by atoms with E-state index in [2.05, 4.69) is 0 Å². The molecular formula is C24H22N2O5. The van der Waals surface area contributed by atoms with Crippen molar-refractivity contribution >= 4 is 5.71 Å². The summed E-state index contributed by atoms with van der Waals surface area (Å²) in [5, 5.41) is 27.0. The zero-order valence-electron chi connectivity index (χ0n) is 17.1. The van der Waals surface area contributed by atoms with Crippen molar-refractivity contribution in [2.45, 2.75) is 18.7 Å². The molecular weight excluding hydrogens is 396 g/mol. The molecule has 5 rings (SSSR count). The fourth-order valence-corrected chi connectivity index (χ4v) is 4.14. The van der Waals surface area contributed by atoms with Crippen LogP contribution < -0.4 is 14.2 Å². The fraction of sp³-hybridized carbons (Fsp3) is 0.208. The first-order chi connectivity index (χ1) is 15.1. The van der Waals surface area contributed by atoms with Gasteiger partial charge in [-0.25, -0.2) is 5.01 Å². The third-order valence-electron chi connectivity index (χ3n) is 5.69. The topological polar surface area (TPSA) is 83.8 Å². The van der Waals surface area contributed by atoms with Crippen LogP contribution in [0.2, 0.25) is 0 Å². The number of methoxy groups -OCH3 is 2. The molecule has 7 heteroatoms. The maximum atomic E-state index is 10.5. The normalized spacial score (nSPS) is 19.2. The SMILES string of the molecule is COc1ccc(O)c(C2=NN3[C@H](C2)c2cccc(OC)c2O[C@@H]3c2ccc(O)cc2)c1. The Kier molecular flexibility index (Phi) is 4.58. The van der Waals surface area contributed by atoms with Crippen LogP contribution in [-0.2, 0) is 0 Å². The van der Waals surface area contributed by atoms with Gasteiger partial charge in [0.1, 0.15) is 17.2 Å². The lowest BCUT2D eigenvalue weighted by atomic mass is 9.95. The van der Waals surface area contributed by atoms with Crippen LogP contribution >= 0.6 is 0 Å². The van der Waals surface area contributed by atoms with Gasteiger partial charge in [-0.15, -0.1) is 0 Å². The van der Waals surface area contributed by atoms with Crippen LogP contribution in [0.1, 0.15) is 35.4 Å². The third kappa shape index (κ3) is 3.18. The number of fused-ring (bicyclic) bond motifs is 3. The first-order valence-corrected chi connectivity index (χ1v) is 9.94. The molecule has 2 N–H and O–H groups in total. The summed E-state index contributed by atoms with van der Waals surface area (Å²) in [4.78, 5) is 0. The van der Waals surface area contributed by atoms with Crippen molar-refractivity contribution in [3.05, 3.63) is 77.4 Å². The largest absolute Gasteiger partial charge is 0.508 e. The zero-order valence-corrected chi connectivity index (χ0v) is 17.1. The number of benzene rings is 3. The van der Waals surface area contributed by atoms with E-state index in [1.807, 2.05) is 35.3 Å². The molecule has 31 heavy (non-hydrogen) atoms. The van der Waals surface area contributed by atoms with E-state index in [4.69, 9.17) is 19.3 Å². The Labute approximate surface area is 179 Å². The van der Waals surface area contributed by atoms with E-state index < -0.39 is 6.23 Å². The van der Waals surface area contributed by atoms with E-state index in [9.17, 15) is 10.2 Å². The van der Waals surface area contributed by atoms with E-state index in [-0.39, 0.29) is 17.5 Å². The Hall–Kier alpha value is -3.87. The van der Waals surface area contributed by atoms with Crippen molar-refractivity contribution in [2.75, 3.05) is 14.2 Å². The zero-order chi connectivity index (χ0) is 21.5. The molecule has 0 amide bonds. The summed E-state index contributed by atoms with van der Waals surface area (Å²) < 4.78 is 17.3. The van der Waals surface area contributed by atoms with Gasteiger partial charge < -0.3 is 24.4 Å². The molecule has 0 saturated heterocycles. The average molecular weight is 418 g/mol. The minimum absolute atomic E-state index is 0.0988. The summed E-state index contributed by atoms with van der Waals surface area (Å²) in [5.41, 5.74) is 3.18. The number of aromatic hydroxyl groups is 2. The Morgan fingerprint density at radius 2 is 1.81 bits per heavy atom. The molecule has 0 aromatic heterocycles. The summed E-state index contributed by atoms with van der Waals surface area (Å²) in [7, 11) is 3.21. The average Bonchev–Trinajstić information content (AvgIpc) is 3.24. The smallest absolute Gasteiger partial charge is 0.214 e. The van der Waals surface area contributed by atoms with Gasteiger partial charge in [0.25, 0.3) is 0 Å². The van der Waals surface area contributed by atoms with Gasteiger partial charge in [-0.2, -0.15) is 5.10 Å². The molecule has 0 fully saturated rings. The first-order valence-electron chi connectivity index (χ1n) is 9.94. The van der Waals surface area contributed by atoms with Crippen molar-refractivity contribution in [1.29, 1.82) is 0 Å². The summed E-state index contributed by atoms with van der Waals surface area (Å²) >= 11 is 0. The van der Waals surface area contributed by atoms with E-state index in [0.29, 0.717) is 29.2 Å². The Morgan fingerprint density at radius 1 is 1.00 bits per heavy atom. The van der Waals surface area contributed by atoms with Gasteiger partial charge >= 0.3 is 0 Å². The van der Waals surface area contributed by atoms with Crippen LogP contribution in [0.5, 0.6) is 28.7 Å². The Morgan fingerprint density at radius 3 is 2.55 bits per heavy atom. The van der Waals surface area contributed by atoms with Gasteiger partial charge in [0.15, 0.2) is 11.5 Å². The number of ether oxygens (including phenoxy) is 3. The van der Waals surface area contributed by atoms with Gasteiger partial charge in [0.2, 0.25) is 6.23 Å². The number of nitrogens with zero attached hydrogens (tertiary/aromatic N) is 2.